The number of halogens is 1. The number of likely N-dealkylation sites (N-methyl/N-ethyl adjacent to an activating group) is 1. The molecule has 0 saturated heterocycles. The van der Waals surface area contributed by atoms with E-state index in [-0.39, 0.29) is 17.3 Å². The van der Waals surface area contributed by atoms with E-state index >= 15 is 0 Å². The Morgan fingerprint density at radius 1 is 1.10 bits per heavy atom. The summed E-state index contributed by atoms with van der Waals surface area (Å²) in [5.74, 6) is -0.345. The Kier molecular flexibility index (Phi) is 7.48. The standard InChI is InChI=1S/C22H25ClN4O3S/c1-16-4-7-18(8-5-16)31(29,30)27(2)15-22(28)26-12-3-11-24-20-10-13-25-21-14-17(23)6-9-19(20)21/h4-10,13-14H,3,11-12,15H2,1-2H3,(H,24,25)(H,26,28). The van der Waals surface area contributed by atoms with Crippen LogP contribution in [-0.4, -0.2) is 50.3 Å². The minimum Gasteiger partial charge on any atom is -0.384 e. The van der Waals surface area contributed by atoms with Gasteiger partial charge >= 0.3 is 0 Å². The second kappa shape index (κ2) is 10.1. The Balaban J connectivity index is 1.45. The molecule has 0 fully saturated rings. The van der Waals surface area contributed by atoms with Crippen molar-refractivity contribution in [3.63, 3.8) is 0 Å². The van der Waals surface area contributed by atoms with E-state index in [9.17, 15) is 13.2 Å². The van der Waals surface area contributed by atoms with E-state index < -0.39 is 10.0 Å². The molecule has 9 heteroatoms. The number of carbonyl (C=O) groups excluding carboxylic acids is 1. The molecule has 164 valence electrons. The maximum atomic E-state index is 12.6. The van der Waals surface area contributed by atoms with Crippen molar-refractivity contribution in [3.8, 4) is 0 Å². The third kappa shape index (κ3) is 5.94. The molecule has 0 radical (unpaired) electrons. The molecule has 3 aromatic rings. The molecule has 0 spiro atoms. The average molecular weight is 461 g/mol. The van der Waals surface area contributed by atoms with Crippen molar-refractivity contribution in [2.75, 3.05) is 32.0 Å². The van der Waals surface area contributed by atoms with Gasteiger partial charge in [-0.05, 0) is 49.7 Å². The largest absolute Gasteiger partial charge is 0.384 e. The highest BCUT2D eigenvalue weighted by atomic mass is 35.5. The number of sulfonamides is 1. The fraction of sp³-hybridized carbons (Fsp3) is 0.273. The maximum Gasteiger partial charge on any atom is 0.243 e. The van der Waals surface area contributed by atoms with Gasteiger partial charge in [-0.2, -0.15) is 4.31 Å². The fourth-order valence-electron chi connectivity index (χ4n) is 3.05. The number of pyridine rings is 1. The summed E-state index contributed by atoms with van der Waals surface area (Å²) in [5, 5.41) is 7.70. The van der Waals surface area contributed by atoms with E-state index in [1.165, 1.54) is 7.05 Å². The Hall–Kier alpha value is -2.68. The summed E-state index contributed by atoms with van der Waals surface area (Å²) >= 11 is 6.01. The van der Waals surface area contributed by atoms with Gasteiger partial charge in [-0.15, -0.1) is 0 Å². The lowest BCUT2D eigenvalue weighted by atomic mass is 10.2. The molecule has 31 heavy (non-hydrogen) atoms. The molecule has 0 aliphatic heterocycles. The first-order valence-electron chi connectivity index (χ1n) is 9.85. The van der Waals surface area contributed by atoms with Gasteiger partial charge < -0.3 is 10.6 Å². The van der Waals surface area contributed by atoms with Gasteiger partial charge in [0.2, 0.25) is 15.9 Å². The van der Waals surface area contributed by atoms with Crippen molar-refractivity contribution in [1.29, 1.82) is 0 Å². The second-order valence-corrected chi connectivity index (χ2v) is 9.71. The number of anilines is 1. The molecule has 2 N–H and O–H groups in total. The van der Waals surface area contributed by atoms with Gasteiger partial charge in [-0.3, -0.25) is 9.78 Å². The Labute approximate surface area is 187 Å². The van der Waals surface area contributed by atoms with Crippen LogP contribution in [0.15, 0.2) is 59.6 Å². The van der Waals surface area contributed by atoms with Crippen LogP contribution < -0.4 is 10.6 Å². The molecular weight excluding hydrogens is 436 g/mol. The van der Waals surface area contributed by atoms with E-state index in [0.717, 1.165) is 26.5 Å². The molecule has 0 aliphatic carbocycles. The van der Waals surface area contributed by atoms with Gasteiger partial charge in [0.1, 0.15) is 0 Å². The van der Waals surface area contributed by atoms with Gasteiger partial charge in [-0.1, -0.05) is 29.3 Å². The van der Waals surface area contributed by atoms with E-state index in [1.54, 1.807) is 30.5 Å². The maximum absolute atomic E-state index is 12.6. The van der Waals surface area contributed by atoms with Crippen LogP contribution in [0.25, 0.3) is 10.9 Å². The van der Waals surface area contributed by atoms with Crippen LogP contribution in [-0.2, 0) is 14.8 Å². The molecule has 0 saturated carbocycles. The van der Waals surface area contributed by atoms with Crippen molar-refractivity contribution in [2.45, 2.75) is 18.2 Å². The van der Waals surface area contributed by atoms with Gasteiger partial charge in [-0.25, -0.2) is 8.42 Å². The van der Waals surface area contributed by atoms with E-state index in [2.05, 4.69) is 15.6 Å². The molecule has 0 atom stereocenters. The number of nitrogens with zero attached hydrogens (tertiary/aromatic N) is 2. The highest BCUT2D eigenvalue weighted by Gasteiger charge is 2.22. The Morgan fingerprint density at radius 3 is 2.58 bits per heavy atom. The van der Waals surface area contributed by atoms with Gasteiger partial charge in [0.05, 0.1) is 17.0 Å². The molecule has 0 aliphatic rings. The number of hydrogen-bond donors (Lipinski definition) is 2. The number of hydrogen-bond acceptors (Lipinski definition) is 5. The summed E-state index contributed by atoms with van der Waals surface area (Å²) in [6.07, 6.45) is 2.39. The topological polar surface area (TPSA) is 91.4 Å². The minimum absolute atomic E-state index is 0.170. The zero-order valence-corrected chi connectivity index (χ0v) is 19.0. The number of fused-ring (bicyclic) bond motifs is 1. The van der Waals surface area contributed by atoms with Crippen molar-refractivity contribution >= 4 is 44.1 Å². The zero-order chi connectivity index (χ0) is 22.4. The molecular formula is C22H25ClN4O3S. The summed E-state index contributed by atoms with van der Waals surface area (Å²) < 4.78 is 26.2. The highest BCUT2D eigenvalue weighted by molar-refractivity contribution is 7.89. The molecule has 7 nitrogen and oxygen atoms in total. The number of amides is 1. The van der Waals surface area contributed by atoms with Gasteiger partial charge in [0, 0.05) is 42.4 Å². The highest BCUT2D eigenvalue weighted by Crippen LogP contribution is 2.24. The number of rotatable bonds is 9. The first-order chi connectivity index (χ1) is 14.8. The summed E-state index contributed by atoms with van der Waals surface area (Å²) in [6.45, 7) is 2.72. The first-order valence-corrected chi connectivity index (χ1v) is 11.7. The van der Waals surface area contributed by atoms with E-state index in [1.807, 2.05) is 31.2 Å². The smallest absolute Gasteiger partial charge is 0.243 e. The van der Waals surface area contributed by atoms with Crippen LogP contribution in [0.2, 0.25) is 5.02 Å². The minimum atomic E-state index is -3.70. The Morgan fingerprint density at radius 2 is 1.84 bits per heavy atom. The van der Waals surface area contributed by atoms with Crippen LogP contribution in [0.3, 0.4) is 0 Å². The lowest BCUT2D eigenvalue weighted by Crippen LogP contribution is -2.38. The van der Waals surface area contributed by atoms with Crippen molar-refractivity contribution < 1.29 is 13.2 Å². The lowest BCUT2D eigenvalue weighted by Gasteiger charge is -2.17. The second-order valence-electron chi connectivity index (χ2n) is 7.22. The average Bonchev–Trinajstić information content (AvgIpc) is 2.73. The molecule has 3 rings (SSSR count). The SMILES string of the molecule is Cc1ccc(S(=O)(=O)N(C)CC(=O)NCCCNc2ccnc3cc(Cl)ccc23)cc1. The number of carbonyl (C=O) groups is 1. The number of aryl methyl sites for hydroxylation is 1. The Bertz CT molecular complexity index is 1170. The van der Waals surface area contributed by atoms with Crippen molar-refractivity contribution in [2.24, 2.45) is 0 Å². The molecule has 2 aromatic carbocycles. The third-order valence-corrected chi connectivity index (χ3v) is 6.84. The quantitative estimate of drug-likeness (QED) is 0.477. The zero-order valence-electron chi connectivity index (χ0n) is 17.4. The third-order valence-electron chi connectivity index (χ3n) is 4.79. The monoisotopic (exact) mass is 460 g/mol. The predicted octanol–water partition coefficient (Wildman–Crippen LogP) is 3.44. The summed E-state index contributed by atoms with van der Waals surface area (Å²) in [4.78, 5) is 16.6. The summed E-state index contributed by atoms with van der Waals surface area (Å²) in [5.41, 5.74) is 2.72. The van der Waals surface area contributed by atoms with Crippen LogP contribution in [0.1, 0.15) is 12.0 Å². The normalized spacial score (nSPS) is 11.6. The van der Waals surface area contributed by atoms with Crippen molar-refractivity contribution in [3.05, 3.63) is 65.3 Å². The lowest BCUT2D eigenvalue weighted by molar-refractivity contribution is -0.121. The molecule has 0 bridgehead atoms. The predicted molar refractivity (Wildman–Crippen MR) is 124 cm³/mol. The summed E-state index contributed by atoms with van der Waals surface area (Å²) in [6, 6.07) is 14.0. The van der Waals surface area contributed by atoms with Crippen LogP contribution in [0.4, 0.5) is 5.69 Å². The van der Waals surface area contributed by atoms with Crippen LogP contribution >= 0.6 is 11.6 Å². The van der Waals surface area contributed by atoms with E-state index in [0.29, 0.717) is 24.5 Å². The van der Waals surface area contributed by atoms with Gasteiger partial charge in [0.15, 0.2) is 0 Å². The molecule has 1 aromatic heterocycles. The number of benzene rings is 2. The number of nitrogens with one attached hydrogen (secondary N) is 2. The molecule has 1 heterocycles. The first kappa shape index (κ1) is 23.0. The fourth-order valence-corrected chi connectivity index (χ4v) is 4.34. The van der Waals surface area contributed by atoms with Crippen LogP contribution in [0.5, 0.6) is 0 Å². The molecule has 0 unspecified atom stereocenters. The van der Waals surface area contributed by atoms with Gasteiger partial charge in [0.25, 0.3) is 0 Å². The van der Waals surface area contributed by atoms with Crippen LogP contribution in [0, 0.1) is 6.92 Å². The summed E-state index contributed by atoms with van der Waals surface area (Å²) in [7, 11) is -2.30. The van der Waals surface area contributed by atoms with E-state index in [4.69, 9.17) is 11.6 Å². The molecule has 1 amide bonds. The van der Waals surface area contributed by atoms with Crippen molar-refractivity contribution in [1.82, 2.24) is 14.6 Å². The number of aromatic nitrogens is 1.